The van der Waals surface area contributed by atoms with Gasteiger partial charge in [0.1, 0.15) is 0 Å². The second-order valence-corrected chi connectivity index (χ2v) is 6.85. The zero-order chi connectivity index (χ0) is 17.1. The topological polar surface area (TPSA) is 9.72 Å². The molecule has 3 nitrogen and oxygen atoms in total. The third-order valence-electron chi connectivity index (χ3n) is 4.09. The van der Waals surface area contributed by atoms with Crippen molar-refractivity contribution < 1.29 is 0 Å². The van der Waals surface area contributed by atoms with Crippen molar-refractivity contribution in [3.63, 3.8) is 0 Å². The fourth-order valence-electron chi connectivity index (χ4n) is 2.66. The van der Waals surface area contributed by atoms with E-state index >= 15 is 0 Å². The minimum atomic E-state index is 1.13. The van der Waals surface area contributed by atoms with Crippen LogP contribution in [0.3, 0.4) is 0 Å². The molecule has 0 heterocycles. The number of benzene rings is 1. The van der Waals surface area contributed by atoms with Crippen LogP contribution in [0.1, 0.15) is 24.0 Å². The molecule has 0 aliphatic rings. The fraction of sp³-hybridized carbons (Fsp3) is 0.600. The van der Waals surface area contributed by atoms with Crippen molar-refractivity contribution in [3.8, 4) is 0 Å². The van der Waals surface area contributed by atoms with E-state index < -0.39 is 0 Å². The lowest BCUT2D eigenvalue weighted by molar-refractivity contribution is 0.243. The molecule has 0 fully saturated rings. The number of rotatable bonds is 12. The quantitative estimate of drug-likeness (QED) is 0.586. The summed E-state index contributed by atoms with van der Waals surface area (Å²) in [6.45, 7) is 9.67. The van der Waals surface area contributed by atoms with Gasteiger partial charge >= 0.3 is 0 Å². The first-order valence-electron chi connectivity index (χ1n) is 8.74. The van der Waals surface area contributed by atoms with Gasteiger partial charge < -0.3 is 14.7 Å². The molecular formula is C20H35N3. The Bertz CT molecular complexity index is 409. The standard InChI is InChI=1S/C20H35N3/c1-6-19-9-11-20(12-10-19)13-18-23(16-7-14-21(2)3)17-8-15-22(4)5/h6,9-12H,1,7-8,13-18H2,2-5H3. The fourth-order valence-corrected chi connectivity index (χ4v) is 2.66. The molecule has 0 aliphatic carbocycles. The number of hydrogen-bond donors (Lipinski definition) is 0. The minimum Gasteiger partial charge on any atom is -0.309 e. The molecule has 0 N–H and O–H groups in total. The first-order valence-corrected chi connectivity index (χ1v) is 8.74. The Morgan fingerprint density at radius 2 is 1.30 bits per heavy atom. The smallest absolute Gasteiger partial charge is 0.00218 e. The summed E-state index contributed by atoms with van der Waals surface area (Å²) >= 11 is 0. The van der Waals surface area contributed by atoms with Gasteiger partial charge in [-0.15, -0.1) is 0 Å². The van der Waals surface area contributed by atoms with Gasteiger partial charge in [0.15, 0.2) is 0 Å². The summed E-state index contributed by atoms with van der Waals surface area (Å²) in [6.07, 6.45) is 5.51. The van der Waals surface area contributed by atoms with E-state index in [1.54, 1.807) is 0 Å². The van der Waals surface area contributed by atoms with Gasteiger partial charge in [0.2, 0.25) is 0 Å². The maximum Gasteiger partial charge on any atom is 0.00218 e. The lowest BCUT2D eigenvalue weighted by atomic mass is 10.1. The highest BCUT2D eigenvalue weighted by molar-refractivity contribution is 5.47. The largest absolute Gasteiger partial charge is 0.309 e. The highest BCUT2D eigenvalue weighted by Gasteiger charge is 2.06. The van der Waals surface area contributed by atoms with Crippen molar-refractivity contribution in [2.75, 3.05) is 60.9 Å². The van der Waals surface area contributed by atoms with Crippen LogP contribution in [-0.4, -0.2) is 75.6 Å². The summed E-state index contributed by atoms with van der Waals surface area (Å²) < 4.78 is 0. The highest BCUT2D eigenvalue weighted by Crippen LogP contribution is 2.07. The maximum atomic E-state index is 3.81. The molecule has 0 radical (unpaired) electrons. The molecular weight excluding hydrogens is 282 g/mol. The van der Waals surface area contributed by atoms with E-state index in [1.165, 1.54) is 37.1 Å². The molecule has 0 aromatic heterocycles. The first-order chi connectivity index (χ1) is 11.0. The van der Waals surface area contributed by atoms with Gasteiger partial charge in [0, 0.05) is 6.54 Å². The molecule has 0 saturated carbocycles. The van der Waals surface area contributed by atoms with Gasteiger partial charge in [-0.2, -0.15) is 0 Å². The average molecular weight is 318 g/mol. The Hall–Kier alpha value is -1.16. The molecule has 3 heteroatoms. The molecule has 1 rings (SSSR count). The molecule has 0 amide bonds. The van der Waals surface area contributed by atoms with Gasteiger partial charge in [0.25, 0.3) is 0 Å². The Balaban J connectivity index is 2.43. The van der Waals surface area contributed by atoms with E-state index in [2.05, 4.69) is 73.7 Å². The van der Waals surface area contributed by atoms with Crippen LogP contribution in [0.5, 0.6) is 0 Å². The van der Waals surface area contributed by atoms with Gasteiger partial charge in [0.05, 0.1) is 0 Å². The van der Waals surface area contributed by atoms with Gasteiger partial charge in [-0.25, -0.2) is 0 Å². The van der Waals surface area contributed by atoms with Gasteiger partial charge in [-0.05, 0) is 84.8 Å². The van der Waals surface area contributed by atoms with E-state index in [4.69, 9.17) is 0 Å². The maximum absolute atomic E-state index is 3.81. The van der Waals surface area contributed by atoms with Crippen LogP contribution in [0.2, 0.25) is 0 Å². The van der Waals surface area contributed by atoms with Crippen LogP contribution in [0.15, 0.2) is 30.8 Å². The van der Waals surface area contributed by atoms with Crippen LogP contribution in [0.4, 0.5) is 0 Å². The summed E-state index contributed by atoms with van der Waals surface area (Å²) in [5, 5.41) is 0. The van der Waals surface area contributed by atoms with Crippen LogP contribution in [0, 0.1) is 0 Å². The van der Waals surface area contributed by atoms with Crippen molar-refractivity contribution in [3.05, 3.63) is 42.0 Å². The predicted octanol–water partition coefficient (Wildman–Crippen LogP) is 3.08. The molecule has 23 heavy (non-hydrogen) atoms. The van der Waals surface area contributed by atoms with Gasteiger partial charge in [-0.1, -0.05) is 36.9 Å². The summed E-state index contributed by atoms with van der Waals surface area (Å²) in [6, 6.07) is 8.78. The molecule has 1 aromatic rings. The van der Waals surface area contributed by atoms with Crippen molar-refractivity contribution in [1.29, 1.82) is 0 Å². The Morgan fingerprint density at radius 1 is 0.783 bits per heavy atom. The van der Waals surface area contributed by atoms with Crippen molar-refractivity contribution in [1.82, 2.24) is 14.7 Å². The molecule has 0 atom stereocenters. The van der Waals surface area contributed by atoms with E-state index in [0.717, 1.165) is 26.1 Å². The van der Waals surface area contributed by atoms with Crippen molar-refractivity contribution >= 4 is 6.08 Å². The van der Waals surface area contributed by atoms with Crippen LogP contribution in [0.25, 0.3) is 6.08 Å². The normalized spacial score (nSPS) is 11.6. The van der Waals surface area contributed by atoms with E-state index in [1.807, 2.05) is 6.08 Å². The van der Waals surface area contributed by atoms with E-state index in [0.29, 0.717) is 0 Å². The molecule has 0 aliphatic heterocycles. The Labute approximate surface area is 143 Å². The second kappa shape index (κ2) is 11.4. The van der Waals surface area contributed by atoms with Crippen molar-refractivity contribution in [2.45, 2.75) is 19.3 Å². The monoisotopic (exact) mass is 317 g/mol. The Morgan fingerprint density at radius 3 is 1.74 bits per heavy atom. The number of hydrogen-bond acceptors (Lipinski definition) is 3. The van der Waals surface area contributed by atoms with Crippen molar-refractivity contribution in [2.24, 2.45) is 0 Å². The molecule has 0 unspecified atom stereocenters. The summed E-state index contributed by atoms with van der Waals surface area (Å²) in [4.78, 5) is 7.16. The average Bonchev–Trinajstić information content (AvgIpc) is 2.52. The third kappa shape index (κ3) is 9.54. The molecule has 1 aromatic carbocycles. The highest BCUT2D eigenvalue weighted by atomic mass is 15.1. The SMILES string of the molecule is C=Cc1ccc(CCN(CCCN(C)C)CCCN(C)C)cc1. The van der Waals surface area contributed by atoms with E-state index in [-0.39, 0.29) is 0 Å². The second-order valence-electron chi connectivity index (χ2n) is 6.85. The van der Waals surface area contributed by atoms with Gasteiger partial charge in [-0.3, -0.25) is 0 Å². The lowest BCUT2D eigenvalue weighted by Gasteiger charge is -2.24. The summed E-state index contributed by atoms with van der Waals surface area (Å²) in [5.41, 5.74) is 2.61. The van der Waals surface area contributed by atoms with Crippen LogP contribution in [-0.2, 0) is 6.42 Å². The zero-order valence-corrected chi connectivity index (χ0v) is 15.6. The molecule has 0 bridgehead atoms. The predicted molar refractivity (Wildman–Crippen MR) is 103 cm³/mol. The zero-order valence-electron chi connectivity index (χ0n) is 15.6. The number of nitrogens with zero attached hydrogens (tertiary/aromatic N) is 3. The summed E-state index contributed by atoms with van der Waals surface area (Å²) in [5.74, 6) is 0. The lowest BCUT2D eigenvalue weighted by Crippen LogP contribution is -2.32. The summed E-state index contributed by atoms with van der Waals surface area (Å²) in [7, 11) is 8.60. The molecule has 0 saturated heterocycles. The molecule has 0 spiro atoms. The van der Waals surface area contributed by atoms with E-state index in [9.17, 15) is 0 Å². The van der Waals surface area contributed by atoms with Crippen LogP contribution >= 0.6 is 0 Å². The molecule has 130 valence electrons. The minimum absolute atomic E-state index is 1.13. The van der Waals surface area contributed by atoms with Crippen LogP contribution < -0.4 is 0 Å². The third-order valence-corrected chi connectivity index (χ3v) is 4.09. The Kier molecular flexibility index (Phi) is 9.85. The first kappa shape index (κ1) is 19.9.